The molecule has 6 heteroatoms. The minimum atomic E-state index is -3.34. The minimum Gasteiger partial charge on any atom is -0.286 e. The van der Waals surface area contributed by atoms with Crippen molar-refractivity contribution in [3.05, 3.63) is 19.8 Å². The van der Waals surface area contributed by atoms with Crippen molar-refractivity contribution >= 4 is 44.7 Å². The summed E-state index contributed by atoms with van der Waals surface area (Å²) in [5.74, 6) is -4.54. The molecule has 0 spiro atoms. The quantitative estimate of drug-likeness (QED) is 0.752. The summed E-state index contributed by atoms with van der Waals surface area (Å²) in [6.45, 7) is 0.566. The van der Waals surface area contributed by atoms with Crippen LogP contribution < -0.4 is 0 Å². The number of Topliss-reactive ketones (excluding diaryl/α,β-unsaturated/α-hetero) is 1. The fourth-order valence-corrected chi connectivity index (χ4v) is 2.40. The van der Waals surface area contributed by atoms with Crippen molar-refractivity contribution in [2.75, 3.05) is 0 Å². The molecule has 1 heterocycles. The average molecular weight is 290 g/mol. The normalized spacial score (nSPS) is 11.8. The molecule has 1 aromatic heterocycles. The predicted molar refractivity (Wildman–Crippen MR) is 52.0 cm³/mol. The van der Waals surface area contributed by atoms with Gasteiger partial charge in [-0.1, -0.05) is 11.6 Å². The van der Waals surface area contributed by atoms with E-state index in [1.54, 1.807) is 0 Å². The van der Waals surface area contributed by atoms with Crippen LogP contribution in [0.4, 0.5) is 8.78 Å². The minimum absolute atomic E-state index is 0.0376. The molecule has 0 radical (unpaired) electrons. The van der Waals surface area contributed by atoms with Crippen LogP contribution in [0, 0.1) is 0 Å². The van der Waals surface area contributed by atoms with Crippen molar-refractivity contribution in [1.82, 2.24) is 0 Å². The van der Waals surface area contributed by atoms with Crippen LogP contribution in [0.2, 0.25) is 4.34 Å². The van der Waals surface area contributed by atoms with E-state index in [9.17, 15) is 13.6 Å². The molecule has 0 aliphatic heterocycles. The number of carbonyl (C=O) groups is 1. The van der Waals surface area contributed by atoms with Crippen LogP contribution in [-0.4, -0.2) is 11.7 Å². The third-order valence-corrected chi connectivity index (χ3v) is 3.74. The fraction of sp³-hybridized carbons (Fsp3) is 0.286. The number of halogens is 4. The summed E-state index contributed by atoms with van der Waals surface area (Å²) in [7, 11) is 0. The summed E-state index contributed by atoms with van der Waals surface area (Å²) in [6, 6.07) is 1.30. The fourth-order valence-electron chi connectivity index (χ4n) is 0.675. The highest BCUT2D eigenvalue weighted by Crippen LogP contribution is 2.34. The molecule has 0 N–H and O–H groups in total. The number of hydrogen-bond acceptors (Lipinski definition) is 2. The first-order valence-electron chi connectivity index (χ1n) is 3.20. The van der Waals surface area contributed by atoms with E-state index in [2.05, 4.69) is 15.9 Å². The van der Waals surface area contributed by atoms with Crippen molar-refractivity contribution in [3.8, 4) is 0 Å². The van der Waals surface area contributed by atoms with Crippen molar-refractivity contribution in [2.24, 2.45) is 0 Å². The molecule has 13 heavy (non-hydrogen) atoms. The lowest BCUT2D eigenvalue weighted by Crippen LogP contribution is -2.23. The van der Waals surface area contributed by atoms with Crippen LogP contribution in [0.1, 0.15) is 16.6 Å². The van der Waals surface area contributed by atoms with Gasteiger partial charge < -0.3 is 0 Å². The van der Waals surface area contributed by atoms with Gasteiger partial charge in [0.05, 0.1) is 4.88 Å². The number of ketones is 1. The molecule has 0 fully saturated rings. The Balaban J connectivity index is 3.03. The number of hydrogen-bond donors (Lipinski definition) is 0. The summed E-state index contributed by atoms with van der Waals surface area (Å²) in [5.41, 5.74) is 0. The highest BCUT2D eigenvalue weighted by Gasteiger charge is 2.34. The maximum atomic E-state index is 12.5. The Hall–Kier alpha value is -0.000000000000000139. The number of carbonyl (C=O) groups excluding carboxylic acids is 1. The van der Waals surface area contributed by atoms with E-state index in [-0.39, 0.29) is 4.88 Å². The van der Waals surface area contributed by atoms with Crippen molar-refractivity contribution in [2.45, 2.75) is 12.8 Å². The molecule has 0 saturated carbocycles. The molecule has 1 nitrogen and oxygen atoms in total. The van der Waals surface area contributed by atoms with Gasteiger partial charge >= 0.3 is 5.92 Å². The maximum Gasteiger partial charge on any atom is 0.307 e. The summed E-state index contributed by atoms with van der Waals surface area (Å²) in [6.07, 6.45) is 0. The monoisotopic (exact) mass is 288 g/mol. The molecule has 0 saturated heterocycles. The zero-order chi connectivity index (χ0) is 10.2. The highest BCUT2D eigenvalue weighted by molar-refractivity contribution is 9.10. The molecule has 0 unspecified atom stereocenters. The summed E-state index contributed by atoms with van der Waals surface area (Å²) in [4.78, 5) is 11.0. The molecule has 0 amide bonds. The summed E-state index contributed by atoms with van der Waals surface area (Å²) < 4.78 is 25.8. The van der Waals surface area contributed by atoms with Crippen molar-refractivity contribution in [3.63, 3.8) is 0 Å². The van der Waals surface area contributed by atoms with Gasteiger partial charge in [-0.2, -0.15) is 8.78 Å². The first-order valence-corrected chi connectivity index (χ1v) is 5.18. The molecule has 0 atom stereocenters. The molecular formula is C7H4BrClF2OS. The van der Waals surface area contributed by atoms with E-state index in [0.29, 0.717) is 15.7 Å². The topological polar surface area (TPSA) is 17.1 Å². The zero-order valence-electron chi connectivity index (χ0n) is 6.41. The molecule has 1 rings (SSSR count). The Morgan fingerprint density at radius 3 is 2.54 bits per heavy atom. The Bertz CT molecular complexity index is 325. The van der Waals surface area contributed by atoms with Gasteiger partial charge in [0, 0.05) is 11.4 Å². The van der Waals surface area contributed by atoms with Crippen LogP contribution in [-0.2, 0) is 0 Å². The second-order valence-corrected chi connectivity index (χ2v) is 4.96. The van der Waals surface area contributed by atoms with E-state index >= 15 is 0 Å². The molecule has 0 aliphatic rings. The van der Waals surface area contributed by atoms with Gasteiger partial charge in [-0.25, -0.2) is 0 Å². The number of alkyl halides is 2. The lowest BCUT2D eigenvalue weighted by molar-refractivity contribution is 0.0226. The molecular weight excluding hydrogens is 285 g/mol. The van der Waals surface area contributed by atoms with Crippen LogP contribution in [0.25, 0.3) is 0 Å². The van der Waals surface area contributed by atoms with E-state index in [0.717, 1.165) is 11.3 Å². The van der Waals surface area contributed by atoms with Crippen molar-refractivity contribution in [1.29, 1.82) is 0 Å². The molecule has 72 valence electrons. The largest absolute Gasteiger partial charge is 0.307 e. The van der Waals surface area contributed by atoms with Crippen LogP contribution >= 0.6 is 38.9 Å². The standard InChI is InChI=1S/C7H4BrClF2OS/c1-7(10,11)5(12)4-2-3(8)6(9)13-4/h2H,1H3. The number of rotatable bonds is 2. The SMILES string of the molecule is CC(F)(F)C(=O)c1cc(Br)c(Cl)s1. The smallest absolute Gasteiger partial charge is 0.286 e. The Kier molecular flexibility index (Phi) is 3.09. The van der Waals surface area contributed by atoms with Crippen LogP contribution in [0.5, 0.6) is 0 Å². The van der Waals surface area contributed by atoms with Gasteiger partial charge in [0.25, 0.3) is 0 Å². The average Bonchev–Trinajstić information content (AvgIpc) is 2.29. The Labute approximate surface area is 90.8 Å². The first-order chi connectivity index (χ1) is 5.82. The van der Waals surface area contributed by atoms with Gasteiger partial charge in [0.2, 0.25) is 5.78 Å². The van der Waals surface area contributed by atoms with Crippen molar-refractivity contribution < 1.29 is 13.6 Å². The molecule has 0 aliphatic carbocycles. The summed E-state index contributed by atoms with van der Waals surface area (Å²) >= 11 is 9.47. The van der Waals surface area contributed by atoms with E-state index in [4.69, 9.17) is 11.6 Å². The first kappa shape index (κ1) is 11.1. The van der Waals surface area contributed by atoms with E-state index in [1.165, 1.54) is 6.07 Å². The molecule has 1 aromatic rings. The summed E-state index contributed by atoms with van der Waals surface area (Å²) in [5, 5.41) is 0. The zero-order valence-corrected chi connectivity index (χ0v) is 9.56. The predicted octanol–water partition coefficient (Wildman–Crippen LogP) is 4.00. The third-order valence-electron chi connectivity index (χ3n) is 1.27. The lowest BCUT2D eigenvalue weighted by atomic mass is 10.2. The Morgan fingerprint density at radius 1 is 1.69 bits per heavy atom. The van der Waals surface area contributed by atoms with E-state index in [1.807, 2.05) is 0 Å². The highest BCUT2D eigenvalue weighted by atomic mass is 79.9. The molecule has 0 bridgehead atoms. The van der Waals surface area contributed by atoms with Gasteiger partial charge in [-0.3, -0.25) is 4.79 Å². The third kappa shape index (κ3) is 2.48. The lowest BCUT2D eigenvalue weighted by Gasteiger charge is -2.05. The van der Waals surface area contributed by atoms with Crippen LogP contribution in [0.3, 0.4) is 0 Å². The van der Waals surface area contributed by atoms with E-state index < -0.39 is 11.7 Å². The Morgan fingerprint density at radius 2 is 2.23 bits per heavy atom. The maximum absolute atomic E-state index is 12.5. The van der Waals surface area contributed by atoms with Gasteiger partial charge in [0.15, 0.2) is 0 Å². The van der Waals surface area contributed by atoms with Gasteiger partial charge in [-0.15, -0.1) is 11.3 Å². The van der Waals surface area contributed by atoms with Gasteiger partial charge in [-0.05, 0) is 22.0 Å². The van der Waals surface area contributed by atoms with Gasteiger partial charge in [0.1, 0.15) is 4.34 Å². The number of thiophene rings is 1. The second kappa shape index (κ2) is 3.63. The second-order valence-electron chi connectivity index (χ2n) is 2.45. The molecule has 0 aromatic carbocycles. The van der Waals surface area contributed by atoms with Crippen LogP contribution in [0.15, 0.2) is 10.5 Å².